The van der Waals surface area contributed by atoms with Gasteiger partial charge < -0.3 is 35.1 Å². The molecule has 288 valence electrons. The second-order valence-corrected chi connectivity index (χ2v) is 15.4. The largest absolute Gasteiger partial charge is 0.493 e. The predicted octanol–water partition coefficient (Wildman–Crippen LogP) is 7.76. The van der Waals surface area contributed by atoms with Crippen molar-refractivity contribution in [3.05, 3.63) is 112 Å². The van der Waals surface area contributed by atoms with Crippen molar-refractivity contribution in [3.63, 3.8) is 0 Å². The van der Waals surface area contributed by atoms with Gasteiger partial charge in [-0.15, -0.1) is 23.1 Å². The molecule has 4 aromatic rings. The number of ether oxygens (including phenoxy) is 3. The van der Waals surface area contributed by atoms with Crippen molar-refractivity contribution in [2.45, 2.75) is 58.1 Å². The van der Waals surface area contributed by atoms with E-state index in [0.717, 1.165) is 10.4 Å². The molecule has 0 unspecified atom stereocenters. The molecule has 0 saturated heterocycles. The van der Waals surface area contributed by atoms with Gasteiger partial charge >= 0.3 is 12.1 Å². The first-order valence-corrected chi connectivity index (χ1v) is 19.6. The van der Waals surface area contributed by atoms with Gasteiger partial charge in [0.2, 0.25) is 5.91 Å². The van der Waals surface area contributed by atoms with Gasteiger partial charge in [0.1, 0.15) is 22.0 Å². The predicted molar refractivity (Wildman–Crippen MR) is 215 cm³/mol. The summed E-state index contributed by atoms with van der Waals surface area (Å²) < 4.78 is 16.6. The van der Waals surface area contributed by atoms with E-state index in [4.69, 9.17) is 14.2 Å². The minimum absolute atomic E-state index is 0.00123. The summed E-state index contributed by atoms with van der Waals surface area (Å²) in [5.41, 5.74) is 1.85. The minimum Gasteiger partial charge on any atom is -0.493 e. The number of nitrogens with one attached hydrogen (secondary N) is 3. The maximum atomic E-state index is 13.7. The Morgan fingerprint density at radius 2 is 1.65 bits per heavy atom. The fourth-order valence-electron chi connectivity index (χ4n) is 5.55. The quantitative estimate of drug-likeness (QED) is 0.0702. The van der Waals surface area contributed by atoms with Crippen LogP contribution in [0.1, 0.15) is 71.3 Å². The molecule has 0 radical (unpaired) electrons. The van der Waals surface area contributed by atoms with Gasteiger partial charge in [-0.25, -0.2) is 9.59 Å². The van der Waals surface area contributed by atoms with Crippen LogP contribution in [0.4, 0.5) is 15.5 Å². The van der Waals surface area contributed by atoms with Crippen LogP contribution in [0, 0.1) is 0 Å². The number of thioether (sulfide) groups is 1. The molecule has 5 rings (SSSR count). The Kier molecular flexibility index (Phi) is 13.7. The smallest absolute Gasteiger partial charge is 0.410 e. The molecular formula is C41H44N4O8S2. The summed E-state index contributed by atoms with van der Waals surface area (Å²) in [6.07, 6.45) is 1.53. The van der Waals surface area contributed by atoms with Crippen molar-refractivity contribution in [1.29, 1.82) is 0 Å². The number of carbonyl (C=O) groups excluding carboxylic acids is 5. The zero-order valence-electron chi connectivity index (χ0n) is 31.4. The minimum atomic E-state index is -0.651. The van der Waals surface area contributed by atoms with Gasteiger partial charge in [-0.1, -0.05) is 42.5 Å². The van der Waals surface area contributed by atoms with Crippen LogP contribution in [0.3, 0.4) is 0 Å². The highest BCUT2D eigenvalue weighted by atomic mass is 32.2. The SMILES string of the molecule is CCOC(=O)c1c(NC(=O)CSc2cccc(NC(=O)/C(=C\c3ccccc3OCC)NC(=O)c3ccccc3)c2)sc2c1CCN(C(=O)OC(C)(C)C)C2. The van der Waals surface area contributed by atoms with Gasteiger partial charge in [0.05, 0.1) is 31.1 Å². The van der Waals surface area contributed by atoms with E-state index in [1.165, 1.54) is 23.1 Å². The lowest BCUT2D eigenvalue weighted by Crippen LogP contribution is -2.39. The summed E-state index contributed by atoms with van der Waals surface area (Å²) in [5, 5.41) is 8.85. The van der Waals surface area contributed by atoms with Gasteiger partial charge in [0.15, 0.2) is 0 Å². The Morgan fingerprint density at radius 1 is 0.909 bits per heavy atom. The first kappa shape index (κ1) is 40.6. The molecule has 0 fully saturated rings. The Hall–Kier alpha value is -5.60. The van der Waals surface area contributed by atoms with Crippen molar-refractivity contribution in [3.8, 4) is 5.75 Å². The third-order valence-corrected chi connectivity index (χ3v) is 10.1. The number of rotatable bonds is 13. The molecule has 55 heavy (non-hydrogen) atoms. The Bertz CT molecular complexity index is 2070. The molecule has 3 N–H and O–H groups in total. The van der Waals surface area contributed by atoms with Crippen molar-refractivity contribution in [2.24, 2.45) is 0 Å². The van der Waals surface area contributed by atoms with Crippen LogP contribution in [0.25, 0.3) is 6.08 Å². The Labute approximate surface area is 328 Å². The van der Waals surface area contributed by atoms with E-state index in [-0.39, 0.29) is 30.5 Å². The van der Waals surface area contributed by atoms with Crippen LogP contribution in [0.5, 0.6) is 5.75 Å². The Balaban J connectivity index is 1.28. The van der Waals surface area contributed by atoms with Gasteiger partial charge in [-0.2, -0.15) is 0 Å². The first-order chi connectivity index (χ1) is 26.3. The summed E-state index contributed by atoms with van der Waals surface area (Å²) in [5.74, 6) is -1.35. The van der Waals surface area contributed by atoms with Gasteiger partial charge in [0.25, 0.3) is 11.8 Å². The van der Waals surface area contributed by atoms with E-state index in [1.807, 2.05) is 19.1 Å². The molecule has 1 aromatic heterocycles. The maximum Gasteiger partial charge on any atom is 0.410 e. The van der Waals surface area contributed by atoms with Crippen LogP contribution >= 0.6 is 23.1 Å². The third-order valence-electron chi connectivity index (χ3n) is 7.95. The number of benzene rings is 3. The van der Waals surface area contributed by atoms with Crippen molar-refractivity contribution < 1.29 is 38.2 Å². The van der Waals surface area contributed by atoms with Crippen molar-refractivity contribution >= 4 is 69.6 Å². The molecule has 0 saturated carbocycles. The van der Waals surface area contributed by atoms with Gasteiger partial charge in [-0.3, -0.25) is 14.4 Å². The molecule has 1 aliphatic rings. The molecular weight excluding hydrogens is 741 g/mol. The second-order valence-electron chi connectivity index (χ2n) is 13.2. The third kappa shape index (κ3) is 11.2. The fraction of sp³-hybridized carbons (Fsp3) is 0.293. The van der Waals surface area contributed by atoms with Crippen LogP contribution in [0.15, 0.2) is 89.5 Å². The van der Waals surface area contributed by atoms with Crippen LogP contribution in [-0.2, 0) is 32.0 Å². The number of anilines is 2. The van der Waals surface area contributed by atoms with E-state index >= 15 is 0 Å². The Morgan fingerprint density at radius 3 is 2.38 bits per heavy atom. The number of amides is 4. The number of hydrogen-bond donors (Lipinski definition) is 3. The average Bonchev–Trinajstić information content (AvgIpc) is 3.51. The lowest BCUT2D eigenvalue weighted by molar-refractivity contribution is -0.114. The molecule has 1 aliphatic heterocycles. The summed E-state index contributed by atoms with van der Waals surface area (Å²) in [6, 6.07) is 22.8. The van der Waals surface area contributed by atoms with Crippen LogP contribution in [-0.4, -0.2) is 65.8 Å². The van der Waals surface area contributed by atoms with E-state index in [1.54, 1.807) is 105 Å². The number of hydrogen-bond acceptors (Lipinski definition) is 10. The zero-order chi connectivity index (χ0) is 39.5. The summed E-state index contributed by atoms with van der Waals surface area (Å²) >= 11 is 2.48. The van der Waals surface area contributed by atoms with Crippen molar-refractivity contribution in [1.82, 2.24) is 10.2 Å². The molecule has 14 heteroatoms. The van der Waals surface area contributed by atoms with E-state index in [2.05, 4.69) is 16.0 Å². The van der Waals surface area contributed by atoms with E-state index in [9.17, 15) is 24.0 Å². The molecule has 0 aliphatic carbocycles. The standard InChI is InChI=1S/C41H44N4O8S2/c1-6-51-32-19-12-11-16-27(32)22-31(43-36(47)26-14-9-8-10-15-26)37(48)42-28-17-13-18-29(23-28)54-25-34(46)44-38-35(39(49)52-7-2)30-20-21-45(24-33(30)55-38)40(50)53-41(3,4)5/h8-19,22-23H,6-7,20-21,24-25H2,1-5H3,(H,42,48)(H,43,47)(H,44,46)/b31-22+. The zero-order valence-corrected chi connectivity index (χ0v) is 33.0. The highest BCUT2D eigenvalue weighted by molar-refractivity contribution is 8.00. The topological polar surface area (TPSA) is 152 Å². The highest BCUT2D eigenvalue weighted by Crippen LogP contribution is 2.38. The van der Waals surface area contributed by atoms with Crippen LogP contribution < -0.4 is 20.7 Å². The van der Waals surface area contributed by atoms with Crippen LogP contribution in [0.2, 0.25) is 0 Å². The van der Waals surface area contributed by atoms with E-state index in [0.29, 0.717) is 57.6 Å². The first-order valence-electron chi connectivity index (χ1n) is 17.8. The fourth-order valence-corrected chi connectivity index (χ4v) is 7.57. The number of carbonyl (C=O) groups is 5. The number of nitrogens with zero attached hydrogens (tertiary/aromatic N) is 1. The number of esters is 1. The second kappa shape index (κ2) is 18.6. The number of para-hydroxylation sites is 1. The summed E-state index contributed by atoms with van der Waals surface area (Å²) in [6.45, 7) is 10.2. The summed E-state index contributed by atoms with van der Waals surface area (Å²) in [4.78, 5) is 69.0. The monoisotopic (exact) mass is 784 g/mol. The lowest BCUT2D eigenvalue weighted by atomic mass is 10.0. The molecule has 0 atom stereocenters. The maximum absolute atomic E-state index is 13.7. The molecule has 12 nitrogen and oxygen atoms in total. The van der Waals surface area contributed by atoms with Crippen molar-refractivity contribution in [2.75, 3.05) is 36.1 Å². The van der Waals surface area contributed by atoms with Gasteiger partial charge in [0, 0.05) is 33.1 Å². The number of fused-ring (bicyclic) bond motifs is 1. The molecule has 4 amide bonds. The highest BCUT2D eigenvalue weighted by Gasteiger charge is 2.32. The molecule has 0 spiro atoms. The molecule has 3 aromatic carbocycles. The summed E-state index contributed by atoms with van der Waals surface area (Å²) in [7, 11) is 0. The number of thiophene rings is 1. The van der Waals surface area contributed by atoms with E-state index < -0.39 is 29.5 Å². The lowest BCUT2D eigenvalue weighted by Gasteiger charge is -2.30. The molecule has 2 heterocycles. The normalized spacial score (nSPS) is 12.6. The molecule has 0 bridgehead atoms. The van der Waals surface area contributed by atoms with Gasteiger partial charge in [-0.05, 0) is 89.1 Å². The average molecular weight is 785 g/mol.